The van der Waals surface area contributed by atoms with E-state index >= 15 is 0 Å². The molecule has 5 heteroatoms. The quantitative estimate of drug-likeness (QED) is 0.538. The van der Waals surface area contributed by atoms with Gasteiger partial charge in [0.2, 0.25) is 5.91 Å². The van der Waals surface area contributed by atoms with Crippen LogP contribution in [-0.4, -0.2) is 74.7 Å². The molecular weight excluding hydrogens is 314 g/mol. The SMILES string of the molecule is COCCNC(=O)[C@H]1CCCN(C2CCN(CCC=C(C)C)CC2)C1. The van der Waals surface area contributed by atoms with Crippen molar-refractivity contribution in [3.8, 4) is 0 Å². The monoisotopic (exact) mass is 351 g/mol. The normalized spacial score (nSPS) is 23.4. The maximum Gasteiger partial charge on any atom is 0.224 e. The van der Waals surface area contributed by atoms with Gasteiger partial charge in [0.05, 0.1) is 12.5 Å². The molecule has 2 rings (SSSR count). The van der Waals surface area contributed by atoms with Gasteiger partial charge in [-0.1, -0.05) is 11.6 Å². The summed E-state index contributed by atoms with van der Waals surface area (Å²) < 4.78 is 5.01. The second-order valence-corrected chi connectivity index (χ2v) is 7.76. The van der Waals surface area contributed by atoms with E-state index in [9.17, 15) is 4.79 Å². The van der Waals surface area contributed by atoms with E-state index < -0.39 is 0 Å². The second-order valence-electron chi connectivity index (χ2n) is 7.76. The Morgan fingerprint density at radius 2 is 1.96 bits per heavy atom. The highest BCUT2D eigenvalue weighted by Gasteiger charge is 2.31. The van der Waals surface area contributed by atoms with Crippen LogP contribution >= 0.6 is 0 Å². The van der Waals surface area contributed by atoms with Gasteiger partial charge in [-0.15, -0.1) is 0 Å². The fourth-order valence-corrected chi connectivity index (χ4v) is 4.02. The Kier molecular flexibility index (Phi) is 8.93. The number of hydrogen-bond donors (Lipinski definition) is 1. The van der Waals surface area contributed by atoms with Crippen LogP contribution in [0.5, 0.6) is 0 Å². The first-order valence-electron chi connectivity index (χ1n) is 9.96. The summed E-state index contributed by atoms with van der Waals surface area (Å²) in [6, 6.07) is 0.661. The van der Waals surface area contributed by atoms with E-state index in [4.69, 9.17) is 4.74 Å². The van der Waals surface area contributed by atoms with Crippen molar-refractivity contribution in [3.05, 3.63) is 11.6 Å². The Morgan fingerprint density at radius 3 is 2.64 bits per heavy atom. The Hall–Kier alpha value is -0.910. The van der Waals surface area contributed by atoms with Crippen LogP contribution < -0.4 is 5.32 Å². The number of amides is 1. The minimum absolute atomic E-state index is 0.154. The molecule has 0 unspecified atom stereocenters. The number of carbonyl (C=O) groups excluding carboxylic acids is 1. The van der Waals surface area contributed by atoms with Crippen molar-refractivity contribution in [2.24, 2.45) is 5.92 Å². The van der Waals surface area contributed by atoms with Gasteiger partial charge in [0.1, 0.15) is 0 Å². The molecule has 5 nitrogen and oxygen atoms in total. The van der Waals surface area contributed by atoms with Crippen molar-refractivity contribution in [2.75, 3.05) is 53.0 Å². The van der Waals surface area contributed by atoms with Crippen LogP contribution in [0.25, 0.3) is 0 Å². The molecule has 0 saturated carbocycles. The van der Waals surface area contributed by atoms with E-state index in [2.05, 4.69) is 35.0 Å². The lowest BCUT2D eigenvalue weighted by atomic mass is 9.93. The standard InChI is InChI=1S/C20H37N3O2/c1-17(2)6-4-11-22-13-8-19(9-14-22)23-12-5-7-18(16-23)20(24)21-10-15-25-3/h6,18-19H,4-5,7-16H2,1-3H3,(H,21,24)/t18-/m0/s1. The van der Waals surface area contributed by atoms with Crippen molar-refractivity contribution < 1.29 is 9.53 Å². The van der Waals surface area contributed by atoms with Gasteiger partial charge < -0.3 is 15.0 Å². The Morgan fingerprint density at radius 1 is 1.20 bits per heavy atom. The van der Waals surface area contributed by atoms with Gasteiger partial charge >= 0.3 is 0 Å². The minimum Gasteiger partial charge on any atom is -0.383 e. The molecule has 0 aromatic heterocycles. The molecule has 0 aromatic rings. The molecule has 0 spiro atoms. The van der Waals surface area contributed by atoms with Gasteiger partial charge in [-0.05, 0) is 65.6 Å². The zero-order valence-electron chi connectivity index (χ0n) is 16.4. The first-order chi connectivity index (χ1) is 12.1. The molecule has 2 heterocycles. The Balaban J connectivity index is 1.71. The number of methoxy groups -OCH3 is 1. The molecule has 144 valence electrons. The van der Waals surface area contributed by atoms with Crippen molar-refractivity contribution in [1.29, 1.82) is 0 Å². The van der Waals surface area contributed by atoms with E-state index in [0.29, 0.717) is 19.2 Å². The van der Waals surface area contributed by atoms with Gasteiger partial charge in [0, 0.05) is 32.8 Å². The van der Waals surface area contributed by atoms with Crippen molar-refractivity contribution >= 4 is 5.91 Å². The van der Waals surface area contributed by atoms with Crippen LogP contribution in [0.4, 0.5) is 0 Å². The average molecular weight is 352 g/mol. The average Bonchev–Trinajstić information content (AvgIpc) is 2.62. The van der Waals surface area contributed by atoms with Gasteiger partial charge in [-0.25, -0.2) is 0 Å². The van der Waals surface area contributed by atoms with Crippen molar-refractivity contribution in [1.82, 2.24) is 15.1 Å². The molecule has 0 aliphatic carbocycles. The number of nitrogens with one attached hydrogen (secondary N) is 1. The predicted molar refractivity (Wildman–Crippen MR) is 103 cm³/mol. The van der Waals surface area contributed by atoms with Crippen LogP contribution in [0.15, 0.2) is 11.6 Å². The third-order valence-electron chi connectivity index (χ3n) is 5.50. The molecule has 2 aliphatic heterocycles. The zero-order chi connectivity index (χ0) is 18.1. The summed E-state index contributed by atoms with van der Waals surface area (Å²) >= 11 is 0. The molecule has 0 radical (unpaired) electrons. The minimum atomic E-state index is 0.154. The smallest absolute Gasteiger partial charge is 0.224 e. The molecule has 2 saturated heterocycles. The van der Waals surface area contributed by atoms with Crippen LogP contribution in [0, 0.1) is 5.92 Å². The fraction of sp³-hybridized carbons (Fsp3) is 0.850. The summed E-state index contributed by atoms with van der Waals surface area (Å²) in [5.41, 5.74) is 1.41. The van der Waals surface area contributed by atoms with Gasteiger partial charge in [0.25, 0.3) is 0 Å². The molecule has 1 atom stereocenters. The van der Waals surface area contributed by atoms with Crippen LogP contribution in [0.3, 0.4) is 0 Å². The molecule has 1 N–H and O–H groups in total. The highest BCUT2D eigenvalue weighted by atomic mass is 16.5. The van der Waals surface area contributed by atoms with Gasteiger partial charge in [0.15, 0.2) is 0 Å². The zero-order valence-corrected chi connectivity index (χ0v) is 16.4. The predicted octanol–water partition coefficient (Wildman–Crippen LogP) is 2.28. The van der Waals surface area contributed by atoms with E-state index in [0.717, 1.165) is 25.9 Å². The van der Waals surface area contributed by atoms with Gasteiger partial charge in [-0.2, -0.15) is 0 Å². The number of hydrogen-bond acceptors (Lipinski definition) is 4. The molecule has 1 amide bonds. The summed E-state index contributed by atoms with van der Waals surface area (Å²) in [4.78, 5) is 17.5. The summed E-state index contributed by atoms with van der Waals surface area (Å²) in [6.07, 6.45) is 8.16. The Bertz CT molecular complexity index is 427. The summed E-state index contributed by atoms with van der Waals surface area (Å²) in [7, 11) is 1.67. The van der Waals surface area contributed by atoms with E-state index in [-0.39, 0.29) is 11.8 Å². The summed E-state index contributed by atoms with van der Waals surface area (Å²) in [6.45, 7) is 11.2. The number of likely N-dealkylation sites (tertiary alicyclic amines) is 2. The maximum atomic E-state index is 12.3. The third-order valence-corrected chi connectivity index (χ3v) is 5.50. The molecule has 0 bridgehead atoms. The topological polar surface area (TPSA) is 44.8 Å². The largest absolute Gasteiger partial charge is 0.383 e. The number of nitrogens with zero attached hydrogens (tertiary/aromatic N) is 2. The molecule has 2 aliphatic rings. The molecule has 25 heavy (non-hydrogen) atoms. The number of carbonyl (C=O) groups is 1. The van der Waals surface area contributed by atoms with Crippen LogP contribution in [0.2, 0.25) is 0 Å². The first-order valence-corrected chi connectivity index (χ1v) is 9.96. The highest BCUT2D eigenvalue weighted by molar-refractivity contribution is 5.78. The first kappa shape index (κ1) is 20.4. The fourth-order valence-electron chi connectivity index (χ4n) is 4.02. The maximum absolute atomic E-state index is 12.3. The lowest BCUT2D eigenvalue weighted by molar-refractivity contribution is -0.127. The van der Waals surface area contributed by atoms with Crippen LogP contribution in [-0.2, 0) is 9.53 Å². The van der Waals surface area contributed by atoms with Crippen molar-refractivity contribution in [3.63, 3.8) is 0 Å². The molecule has 0 aromatic carbocycles. The number of piperidine rings is 2. The lowest BCUT2D eigenvalue weighted by Crippen LogP contribution is -2.51. The number of rotatable bonds is 8. The van der Waals surface area contributed by atoms with E-state index in [1.54, 1.807) is 7.11 Å². The lowest BCUT2D eigenvalue weighted by Gasteiger charge is -2.42. The summed E-state index contributed by atoms with van der Waals surface area (Å²) in [5, 5.41) is 3.01. The Labute approximate surface area is 153 Å². The van der Waals surface area contributed by atoms with Gasteiger partial charge in [-0.3, -0.25) is 9.69 Å². The highest BCUT2D eigenvalue weighted by Crippen LogP contribution is 2.24. The molecule has 2 fully saturated rings. The van der Waals surface area contributed by atoms with E-state index in [1.807, 2.05) is 0 Å². The van der Waals surface area contributed by atoms with Crippen molar-refractivity contribution in [2.45, 2.75) is 52.0 Å². The number of allylic oxidation sites excluding steroid dienone is 1. The molecular formula is C20H37N3O2. The third kappa shape index (κ3) is 7.08. The van der Waals surface area contributed by atoms with E-state index in [1.165, 1.54) is 44.5 Å². The van der Waals surface area contributed by atoms with Crippen LogP contribution in [0.1, 0.15) is 46.0 Å². The number of ether oxygens (including phenoxy) is 1. The second kappa shape index (κ2) is 10.9. The summed E-state index contributed by atoms with van der Waals surface area (Å²) in [5.74, 6) is 0.363.